The predicted molar refractivity (Wildman–Crippen MR) is 75.0 cm³/mol. The van der Waals surface area contributed by atoms with Crippen LogP contribution in [0.5, 0.6) is 0 Å². The molecule has 0 aliphatic carbocycles. The van der Waals surface area contributed by atoms with Crippen LogP contribution in [-0.2, 0) is 16.1 Å². The van der Waals surface area contributed by atoms with Gasteiger partial charge in [0.25, 0.3) is 0 Å². The number of carbonyl (C=O) groups is 2. The second kappa shape index (κ2) is 6.93. The molecule has 1 heterocycles. The second-order valence-corrected chi connectivity index (χ2v) is 4.96. The molecule has 108 valence electrons. The van der Waals surface area contributed by atoms with Crippen molar-refractivity contribution in [3.8, 4) is 0 Å². The number of nitrogens with zero attached hydrogens (tertiary/aromatic N) is 1. The highest BCUT2D eigenvalue weighted by Crippen LogP contribution is 2.09. The Morgan fingerprint density at radius 1 is 1.25 bits per heavy atom. The van der Waals surface area contributed by atoms with Gasteiger partial charge in [-0.2, -0.15) is 0 Å². The number of amides is 2. The van der Waals surface area contributed by atoms with Crippen LogP contribution in [0.4, 0.5) is 4.79 Å². The number of likely N-dealkylation sites (tertiary alicyclic amines) is 1. The van der Waals surface area contributed by atoms with Crippen LogP contribution >= 0.6 is 0 Å². The molecule has 0 bridgehead atoms. The molecule has 0 saturated carbocycles. The summed E-state index contributed by atoms with van der Waals surface area (Å²) >= 11 is 0. The van der Waals surface area contributed by atoms with Gasteiger partial charge >= 0.3 is 6.09 Å². The summed E-state index contributed by atoms with van der Waals surface area (Å²) < 4.78 is 5.09. The summed E-state index contributed by atoms with van der Waals surface area (Å²) in [4.78, 5) is 25.4. The highest BCUT2D eigenvalue weighted by atomic mass is 16.5. The molecule has 20 heavy (non-hydrogen) atoms. The van der Waals surface area contributed by atoms with Crippen molar-refractivity contribution in [1.29, 1.82) is 0 Å². The van der Waals surface area contributed by atoms with E-state index in [-0.39, 0.29) is 12.5 Å². The van der Waals surface area contributed by atoms with Gasteiger partial charge in [-0.1, -0.05) is 30.3 Å². The maximum atomic E-state index is 12.0. The Morgan fingerprint density at radius 2 is 1.90 bits per heavy atom. The first-order chi connectivity index (χ1) is 9.66. The number of hydrogen-bond acceptors (Lipinski definition) is 3. The Bertz CT molecular complexity index is 455. The third kappa shape index (κ3) is 3.98. The molecule has 0 radical (unpaired) electrons. The van der Waals surface area contributed by atoms with Crippen LogP contribution in [0.15, 0.2) is 30.3 Å². The van der Waals surface area contributed by atoms with Crippen molar-refractivity contribution >= 4 is 12.0 Å². The number of benzene rings is 1. The summed E-state index contributed by atoms with van der Waals surface area (Å²) in [6.45, 7) is 3.45. The minimum atomic E-state index is -0.561. The first-order valence-electron chi connectivity index (χ1n) is 6.93. The van der Waals surface area contributed by atoms with Gasteiger partial charge in [0.05, 0.1) is 0 Å². The Balaban J connectivity index is 1.74. The molecule has 1 aromatic carbocycles. The number of ether oxygens (including phenoxy) is 1. The van der Waals surface area contributed by atoms with Crippen molar-refractivity contribution in [3.63, 3.8) is 0 Å². The summed E-state index contributed by atoms with van der Waals surface area (Å²) in [6, 6.07) is 8.89. The van der Waals surface area contributed by atoms with Crippen LogP contribution in [0.2, 0.25) is 0 Å². The monoisotopic (exact) mass is 276 g/mol. The van der Waals surface area contributed by atoms with Gasteiger partial charge in [0, 0.05) is 13.1 Å². The fourth-order valence-electron chi connectivity index (χ4n) is 2.21. The van der Waals surface area contributed by atoms with Gasteiger partial charge in [-0.05, 0) is 25.3 Å². The van der Waals surface area contributed by atoms with Crippen LogP contribution in [0.1, 0.15) is 25.3 Å². The van der Waals surface area contributed by atoms with E-state index in [1.807, 2.05) is 30.3 Å². The summed E-state index contributed by atoms with van der Waals surface area (Å²) in [5.41, 5.74) is 0.918. The molecule has 1 atom stereocenters. The fourth-order valence-corrected chi connectivity index (χ4v) is 2.21. The highest BCUT2D eigenvalue weighted by Gasteiger charge is 2.24. The van der Waals surface area contributed by atoms with E-state index in [1.54, 1.807) is 11.8 Å². The minimum Gasteiger partial charge on any atom is -0.445 e. The molecule has 1 aliphatic rings. The van der Waals surface area contributed by atoms with Crippen LogP contribution in [0, 0.1) is 0 Å². The minimum absolute atomic E-state index is 0.0424. The lowest BCUT2D eigenvalue weighted by Gasteiger charge is -2.20. The van der Waals surface area contributed by atoms with Crippen LogP contribution in [0.3, 0.4) is 0 Å². The van der Waals surface area contributed by atoms with Gasteiger partial charge in [-0.3, -0.25) is 4.79 Å². The maximum absolute atomic E-state index is 12.0. The zero-order valence-electron chi connectivity index (χ0n) is 11.7. The van der Waals surface area contributed by atoms with Crippen molar-refractivity contribution in [2.75, 3.05) is 13.1 Å². The lowest BCUT2D eigenvalue weighted by molar-refractivity contribution is -0.131. The largest absolute Gasteiger partial charge is 0.445 e. The molecule has 1 aromatic rings. The average molecular weight is 276 g/mol. The number of rotatable bonds is 4. The molecule has 0 aromatic heterocycles. The Labute approximate surface area is 118 Å². The van der Waals surface area contributed by atoms with E-state index in [2.05, 4.69) is 5.32 Å². The Morgan fingerprint density at radius 3 is 2.55 bits per heavy atom. The molecule has 1 N–H and O–H groups in total. The van der Waals surface area contributed by atoms with Gasteiger partial charge in [0.2, 0.25) is 5.91 Å². The molecule has 1 saturated heterocycles. The third-order valence-corrected chi connectivity index (χ3v) is 3.34. The van der Waals surface area contributed by atoms with Crippen LogP contribution < -0.4 is 5.32 Å². The van der Waals surface area contributed by atoms with E-state index in [0.29, 0.717) is 0 Å². The van der Waals surface area contributed by atoms with E-state index < -0.39 is 12.1 Å². The molecule has 0 spiro atoms. The quantitative estimate of drug-likeness (QED) is 0.914. The SMILES string of the molecule is CC(NC(=O)OCc1ccccc1)C(=O)N1CCCC1. The van der Waals surface area contributed by atoms with Crippen molar-refractivity contribution in [2.24, 2.45) is 0 Å². The molecule has 2 amide bonds. The summed E-state index contributed by atoms with van der Waals surface area (Å²) in [5, 5.41) is 2.57. The van der Waals surface area contributed by atoms with E-state index in [1.165, 1.54) is 0 Å². The smallest absolute Gasteiger partial charge is 0.408 e. The van der Waals surface area contributed by atoms with Crippen molar-refractivity contribution in [3.05, 3.63) is 35.9 Å². The fraction of sp³-hybridized carbons (Fsp3) is 0.467. The topological polar surface area (TPSA) is 58.6 Å². The van der Waals surface area contributed by atoms with E-state index >= 15 is 0 Å². The molecular formula is C15H20N2O3. The highest BCUT2D eigenvalue weighted by molar-refractivity contribution is 5.85. The normalized spacial score (nSPS) is 15.8. The summed E-state index contributed by atoms with van der Waals surface area (Å²) in [7, 11) is 0. The van der Waals surface area contributed by atoms with Gasteiger partial charge in [0.1, 0.15) is 12.6 Å². The van der Waals surface area contributed by atoms with Crippen molar-refractivity contribution < 1.29 is 14.3 Å². The Hall–Kier alpha value is -2.04. The van der Waals surface area contributed by atoms with Gasteiger partial charge in [-0.25, -0.2) is 4.79 Å². The standard InChI is InChI=1S/C15H20N2O3/c1-12(14(18)17-9-5-6-10-17)16-15(19)20-11-13-7-3-2-4-8-13/h2-4,7-8,12H,5-6,9-11H2,1H3,(H,16,19). The van der Waals surface area contributed by atoms with Crippen LogP contribution in [0.25, 0.3) is 0 Å². The lowest BCUT2D eigenvalue weighted by atomic mass is 10.2. The molecule has 2 rings (SSSR count). The third-order valence-electron chi connectivity index (χ3n) is 3.34. The number of carbonyl (C=O) groups excluding carboxylic acids is 2. The zero-order chi connectivity index (χ0) is 14.4. The summed E-state index contributed by atoms with van der Waals surface area (Å²) in [6.07, 6.45) is 1.52. The van der Waals surface area contributed by atoms with Crippen molar-refractivity contribution in [2.45, 2.75) is 32.4 Å². The number of nitrogens with one attached hydrogen (secondary N) is 1. The van der Waals surface area contributed by atoms with Crippen molar-refractivity contribution in [1.82, 2.24) is 10.2 Å². The molecule has 1 fully saturated rings. The summed E-state index contributed by atoms with van der Waals surface area (Å²) in [5.74, 6) is -0.0424. The predicted octanol–water partition coefficient (Wildman–Crippen LogP) is 1.92. The van der Waals surface area contributed by atoms with Gasteiger partial charge in [0.15, 0.2) is 0 Å². The molecule has 5 heteroatoms. The molecule has 5 nitrogen and oxygen atoms in total. The maximum Gasteiger partial charge on any atom is 0.408 e. The molecular weight excluding hydrogens is 256 g/mol. The number of alkyl carbamates (subject to hydrolysis) is 1. The second-order valence-electron chi connectivity index (χ2n) is 4.96. The van der Waals surface area contributed by atoms with Gasteiger partial charge in [-0.15, -0.1) is 0 Å². The molecule has 1 aliphatic heterocycles. The van der Waals surface area contributed by atoms with Gasteiger partial charge < -0.3 is 15.0 Å². The molecule has 1 unspecified atom stereocenters. The zero-order valence-corrected chi connectivity index (χ0v) is 11.7. The Kier molecular flexibility index (Phi) is 4.98. The van der Waals surface area contributed by atoms with E-state index in [9.17, 15) is 9.59 Å². The first kappa shape index (κ1) is 14.4. The van der Waals surface area contributed by atoms with Crippen LogP contribution in [-0.4, -0.2) is 36.0 Å². The number of hydrogen-bond donors (Lipinski definition) is 1. The van der Waals surface area contributed by atoms with E-state index in [0.717, 1.165) is 31.5 Å². The average Bonchev–Trinajstić information content (AvgIpc) is 2.99. The van der Waals surface area contributed by atoms with E-state index in [4.69, 9.17) is 4.74 Å². The first-order valence-corrected chi connectivity index (χ1v) is 6.93. The lowest BCUT2D eigenvalue weighted by Crippen LogP contribution is -2.46.